The fourth-order valence-electron chi connectivity index (χ4n) is 2.67. The van der Waals surface area contributed by atoms with E-state index >= 15 is 0 Å². The van der Waals surface area contributed by atoms with Crippen LogP contribution in [0.1, 0.15) is 28.2 Å². The summed E-state index contributed by atoms with van der Waals surface area (Å²) in [6.07, 6.45) is 0. The summed E-state index contributed by atoms with van der Waals surface area (Å²) in [5.74, 6) is 2.12. The third kappa shape index (κ3) is 3.41. The maximum Gasteiger partial charge on any atom is 0.119 e. The first-order chi connectivity index (χ1) is 10.1. The molecule has 3 heteroatoms. The van der Waals surface area contributed by atoms with Crippen molar-refractivity contribution in [2.45, 2.75) is 19.8 Å². The lowest BCUT2D eigenvalue weighted by Crippen LogP contribution is -2.07. The maximum absolute atomic E-state index is 5.29. The number of hydrogen-bond donors (Lipinski definition) is 0. The zero-order valence-electron chi connectivity index (χ0n) is 12.9. The average Bonchev–Trinajstić information content (AvgIpc) is 2.50. The molecule has 0 unspecified atom stereocenters. The number of benzene rings is 2. The van der Waals surface area contributed by atoms with Gasteiger partial charge in [0.15, 0.2) is 0 Å². The summed E-state index contributed by atoms with van der Waals surface area (Å²) < 4.78 is 10.6. The van der Waals surface area contributed by atoms with E-state index in [4.69, 9.17) is 9.47 Å². The Morgan fingerprint density at radius 2 is 1.29 bits per heavy atom. The molecule has 0 fully saturated rings. The van der Waals surface area contributed by atoms with Gasteiger partial charge in [-0.25, -0.2) is 0 Å². The van der Waals surface area contributed by atoms with Crippen LogP contribution in [0.2, 0.25) is 0 Å². The summed E-state index contributed by atoms with van der Waals surface area (Å²) in [6, 6.07) is 12.5. The molecule has 0 aliphatic rings. The summed E-state index contributed by atoms with van der Waals surface area (Å²) >= 11 is 3.67. The molecule has 0 N–H and O–H groups in total. The predicted octanol–water partition coefficient (Wildman–Crippen LogP) is 4.85. The Labute approximate surface area is 135 Å². The molecule has 2 aromatic rings. The molecule has 0 heterocycles. The van der Waals surface area contributed by atoms with E-state index < -0.39 is 0 Å². The van der Waals surface area contributed by atoms with E-state index in [1.807, 2.05) is 12.1 Å². The first-order valence-electron chi connectivity index (χ1n) is 6.95. The Bertz CT molecular complexity index is 569. The van der Waals surface area contributed by atoms with E-state index in [1.165, 1.54) is 22.3 Å². The van der Waals surface area contributed by atoms with Gasteiger partial charge in [-0.15, -0.1) is 0 Å². The molecule has 0 spiro atoms. The van der Waals surface area contributed by atoms with Gasteiger partial charge in [0.1, 0.15) is 11.5 Å². The Morgan fingerprint density at radius 1 is 0.857 bits per heavy atom. The van der Waals surface area contributed by atoms with Crippen LogP contribution in [-0.4, -0.2) is 19.5 Å². The summed E-state index contributed by atoms with van der Waals surface area (Å²) in [7, 11) is 3.40. The monoisotopic (exact) mass is 348 g/mol. The zero-order chi connectivity index (χ0) is 15.4. The Kier molecular flexibility index (Phi) is 5.29. The van der Waals surface area contributed by atoms with Gasteiger partial charge in [0, 0.05) is 11.2 Å². The smallest absolute Gasteiger partial charge is 0.119 e. The molecule has 0 saturated carbocycles. The third-order valence-electron chi connectivity index (χ3n) is 3.86. The van der Waals surface area contributed by atoms with Crippen LogP contribution in [0.4, 0.5) is 0 Å². The standard InChI is InChI=1S/C18H21BrO2/c1-12-9-14(20-3)5-7-16(12)18(11-19)17-8-6-15(21-4)10-13(17)2/h5-10,18H,11H2,1-4H3. The zero-order valence-corrected chi connectivity index (χ0v) is 14.5. The molecule has 0 aliphatic carbocycles. The Morgan fingerprint density at radius 3 is 1.57 bits per heavy atom. The Balaban J connectivity index is 2.44. The molecular formula is C18H21BrO2. The van der Waals surface area contributed by atoms with Crippen LogP contribution < -0.4 is 9.47 Å². The largest absolute Gasteiger partial charge is 0.497 e. The third-order valence-corrected chi connectivity index (χ3v) is 4.51. The van der Waals surface area contributed by atoms with Gasteiger partial charge in [-0.1, -0.05) is 28.1 Å². The van der Waals surface area contributed by atoms with Crippen molar-refractivity contribution in [3.05, 3.63) is 58.7 Å². The lowest BCUT2D eigenvalue weighted by atomic mass is 9.87. The number of hydrogen-bond acceptors (Lipinski definition) is 2. The predicted molar refractivity (Wildman–Crippen MR) is 91.1 cm³/mol. The fourth-order valence-corrected chi connectivity index (χ4v) is 3.36. The van der Waals surface area contributed by atoms with Gasteiger partial charge < -0.3 is 9.47 Å². The summed E-state index contributed by atoms with van der Waals surface area (Å²) in [6.45, 7) is 4.26. The van der Waals surface area contributed by atoms with E-state index in [1.54, 1.807) is 14.2 Å². The van der Waals surface area contributed by atoms with Gasteiger partial charge in [0.25, 0.3) is 0 Å². The highest BCUT2D eigenvalue weighted by molar-refractivity contribution is 9.09. The minimum Gasteiger partial charge on any atom is -0.497 e. The second kappa shape index (κ2) is 6.99. The van der Waals surface area contributed by atoms with Crippen molar-refractivity contribution in [3.8, 4) is 11.5 Å². The molecule has 0 aliphatic heterocycles. The summed E-state index contributed by atoms with van der Waals surface area (Å²) in [4.78, 5) is 0. The molecule has 0 atom stereocenters. The van der Waals surface area contributed by atoms with Gasteiger partial charge >= 0.3 is 0 Å². The molecule has 0 radical (unpaired) electrons. The number of halogens is 1. The number of methoxy groups -OCH3 is 2. The van der Waals surface area contributed by atoms with Crippen LogP contribution in [0.5, 0.6) is 11.5 Å². The van der Waals surface area contributed by atoms with Gasteiger partial charge in [-0.2, -0.15) is 0 Å². The average molecular weight is 349 g/mol. The van der Waals surface area contributed by atoms with Crippen molar-refractivity contribution in [1.82, 2.24) is 0 Å². The maximum atomic E-state index is 5.29. The fraction of sp³-hybridized carbons (Fsp3) is 0.333. The summed E-state index contributed by atoms with van der Waals surface area (Å²) in [5, 5.41) is 0.882. The minimum atomic E-state index is 0.321. The van der Waals surface area contributed by atoms with E-state index in [-0.39, 0.29) is 0 Å². The highest BCUT2D eigenvalue weighted by Gasteiger charge is 2.17. The topological polar surface area (TPSA) is 18.5 Å². The van der Waals surface area contributed by atoms with Crippen molar-refractivity contribution < 1.29 is 9.47 Å². The van der Waals surface area contributed by atoms with Crippen LogP contribution in [0.25, 0.3) is 0 Å². The number of ether oxygens (including phenoxy) is 2. The van der Waals surface area contributed by atoms with Crippen molar-refractivity contribution >= 4 is 15.9 Å². The van der Waals surface area contributed by atoms with Gasteiger partial charge in [0.2, 0.25) is 0 Å². The van der Waals surface area contributed by atoms with Gasteiger partial charge in [-0.05, 0) is 60.4 Å². The SMILES string of the molecule is COc1ccc(C(CBr)c2ccc(OC)cc2C)c(C)c1. The lowest BCUT2D eigenvalue weighted by molar-refractivity contribution is 0.414. The van der Waals surface area contributed by atoms with Gasteiger partial charge in [0.05, 0.1) is 14.2 Å². The quantitative estimate of drug-likeness (QED) is 0.719. The van der Waals surface area contributed by atoms with Crippen LogP contribution >= 0.6 is 15.9 Å². The van der Waals surface area contributed by atoms with E-state index in [0.29, 0.717) is 5.92 Å². The molecule has 0 bridgehead atoms. The van der Waals surface area contributed by atoms with E-state index in [0.717, 1.165) is 16.8 Å². The molecule has 2 aromatic carbocycles. The number of rotatable bonds is 5. The van der Waals surface area contributed by atoms with Crippen molar-refractivity contribution in [1.29, 1.82) is 0 Å². The molecule has 21 heavy (non-hydrogen) atoms. The van der Waals surface area contributed by atoms with Gasteiger partial charge in [-0.3, -0.25) is 0 Å². The highest BCUT2D eigenvalue weighted by atomic mass is 79.9. The van der Waals surface area contributed by atoms with Crippen LogP contribution in [0, 0.1) is 13.8 Å². The highest BCUT2D eigenvalue weighted by Crippen LogP contribution is 2.33. The van der Waals surface area contributed by atoms with Crippen molar-refractivity contribution in [3.63, 3.8) is 0 Å². The normalized spacial score (nSPS) is 10.8. The lowest BCUT2D eigenvalue weighted by Gasteiger charge is -2.20. The first-order valence-corrected chi connectivity index (χ1v) is 8.08. The molecular weight excluding hydrogens is 328 g/mol. The van der Waals surface area contributed by atoms with Crippen molar-refractivity contribution in [2.24, 2.45) is 0 Å². The molecule has 2 rings (SSSR count). The first kappa shape index (κ1) is 15.9. The van der Waals surface area contributed by atoms with Crippen LogP contribution in [0.3, 0.4) is 0 Å². The molecule has 112 valence electrons. The van der Waals surface area contributed by atoms with E-state index in [2.05, 4.69) is 54.0 Å². The van der Waals surface area contributed by atoms with Crippen LogP contribution in [-0.2, 0) is 0 Å². The Hall–Kier alpha value is -1.48. The number of aryl methyl sites for hydroxylation is 2. The molecule has 0 saturated heterocycles. The van der Waals surface area contributed by atoms with E-state index in [9.17, 15) is 0 Å². The summed E-state index contributed by atoms with van der Waals surface area (Å²) in [5.41, 5.74) is 5.13. The number of alkyl halides is 1. The van der Waals surface area contributed by atoms with Crippen LogP contribution in [0.15, 0.2) is 36.4 Å². The van der Waals surface area contributed by atoms with Crippen molar-refractivity contribution in [2.75, 3.05) is 19.5 Å². The molecule has 0 aromatic heterocycles. The molecule has 0 amide bonds. The molecule has 2 nitrogen and oxygen atoms in total. The second-order valence-corrected chi connectivity index (χ2v) is 5.80. The minimum absolute atomic E-state index is 0.321. The second-order valence-electron chi connectivity index (χ2n) is 5.15.